The molecule has 3 heterocycles. The molecule has 0 unspecified atom stereocenters. The number of alkyl halides is 9. The second-order valence-electron chi connectivity index (χ2n) is 17.2. The van der Waals surface area contributed by atoms with Crippen LogP contribution in [0.25, 0.3) is 100 Å². The van der Waals surface area contributed by atoms with E-state index in [1.54, 1.807) is 18.2 Å². The molecule has 0 N–H and O–H groups in total. The van der Waals surface area contributed by atoms with E-state index in [0.29, 0.717) is 45.1 Å². The Balaban J connectivity index is 1.28. The maximum Gasteiger partial charge on any atom is 0.416 e. The largest absolute Gasteiger partial charge is 0.416 e. The van der Waals surface area contributed by atoms with Crippen LogP contribution in [-0.2, 0) is 18.5 Å². The van der Waals surface area contributed by atoms with Crippen molar-refractivity contribution in [3.63, 3.8) is 0 Å². The van der Waals surface area contributed by atoms with Gasteiger partial charge < -0.3 is 9.13 Å². The van der Waals surface area contributed by atoms with Gasteiger partial charge in [0.2, 0.25) is 0 Å². The molecule has 0 fully saturated rings. The van der Waals surface area contributed by atoms with Gasteiger partial charge in [-0.15, -0.1) is 0 Å². The lowest BCUT2D eigenvalue weighted by atomic mass is 9.96. The third kappa shape index (κ3) is 7.69. The lowest BCUT2D eigenvalue weighted by molar-refractivity contribution is -0.138. The van der Waals surface area contributed by atoms with E-state index in [9.17, 15) is 26.3 Å². The highest BCUT2D eigenvalue weighted by Gasteiger charge is 2.35. The van der Waals surface area contributed by atoms with Crippen molar-refractivity contribution in [3.8, 4) is 56.7 Å². The van der Waals surface area contributed by atoms with Crippen molar-refractivity contribution in [2.75, 3.05) is 0 Å². The normalized spacial score (nSPS) is 12.5. The molecule has 0 saturated heterocycles. The number of aryl methyl sites for hydroxylation is 2. The number of nitrogens with zero attached hydrogens (tertiary/aromatic N) is 5. The van der Waals surface area contributed by atoms with Gasteiger partial charge >= 0.3 is 18.5 Å². The van der Waals surface area contributed by atoms with Crippen LogP contribution in [0.3, 0.4) is 0 Å². The highest BCUT2D eigenvalue weighted by Crippen LogP contribution is 2.46. The number of hydrogen-bond acceptors (Lipinski definition) is 3. The number of fused-ring (bicyclic) bond motifs is 6. The fourth-order valence-electron chi connectivity index (χ4n) is 9.29. The average molecular weight is 948 g/mol. The molecule has 3 aromatic heterocycles. The van der Waals surface area contributed by atoms with Crippen LogP contribution in [0.1, 0.15) is 27.8 Å². The molecular weight excluding hydrogens is 914 g/mol. The molecule has 14 heteroatoms. The molecule has 11 aromatic rings. The Hall–Kier alpha value is -8.26. The van der Waals surface area contributed by atoms with Gasteiger partial charge in [0.25, 0.3) is 0 Å². The number of benzene rings is 8. The molecule has 0 bridgehead atoms. The van der Waals surface area contributed by atoms with Gasteiger partial charge in [0.15, 0.2) is 17.5 Å². The molecule has 346 valence electrons. The maximum absolute atomic E-state index is 15.0. The quantitative estimate of drug-likeness (QED) is 0.156. The third-order valence-electron chi connectivity index (χ3n) is 12.5. The highest BCUT2D eigenvalue weighted by atomic mass is 19.4. The predicted molar refractivity (Wildman–Crippen MR) is 255 cm³/mol. The molecule has 0 aliphatic carbocycles. The molecular formula is C56H34F9N5. The first-order chi connectivity index (χ1) is 33.4. The summed E-state index contributed by atoms with van der Waals surface area (Å²) < 4.78 is 135. The molecule has 11 rings (SSSR count). The summed E-state index contributed by atoms with van der Waals surface area (Å²) >= 11 is 0. The van der Waals surface area contributed by atoms with E-state index in [4.69, 9.17) is 15.0 Å². The maximum atomic E-state index is 15.0. The number of rotatable bonds is 6. The number of aromatic nitrogens is 5. The van der Waals surface area contributed by atoms with E-state index in [1.165, 1.54) is 10.6 Å². The van der Waals surface area contributed by atoms with Crippen LogP contribution >= 0.6 is 0 Å². The fraction of sp³-hybridized carbons (Fsp3) is 0.0893. The van der Waals surface area contributed by atoms with E-state index in [1.807, 2.05) is 115 Å². The van der Waals surface area contributed by atoms with E-state index >= 15 is 13.2 Å². The van der Waals surface area contributed by atoms with Crippen molar-refractivity contribution in [2.24, 2.45) is 0 Å². The summed E-state index contributed by atoms with van der Waals surface area (Å²) in [5, 5.41) is 1.37. The van der Waals surface area contributed by atoms with Crippen LogP contribution < -0.4 is 0 Å². The Morgan fingerprint density at radius 1 is 0.329 bits per heavy atom. The molecule has 0 aliphatic rings. The van der Waals surface area contributed by atoms with Gasteiger partial charge in [-0.25, -0.2) is 15.0 Å². The standard InChI is InChI=1S/C56H34F9N5/c1-31-13-20-45-40(25-31)41-26-32(2)14-21-46(41)69(45)47-22-16-36(54(57,58)59)28-42(47)39-19-15-35(53-67-51(33-9-5-3-6-10-33)66-52(68-53)34-11-7-4-8-12-34)27-50(39)70-48-23-17-37(55(60,61)62)29-43(48)44-30-38(56(63,64)65)18-24-49(44)70/h3-30H,1-2H3. The summed E-state index contributed by atoms with van der Waals surface area (Å²) in [6.07, 6.45) is -14.6. The molecule has 0 amide bonds. The summed E-state index contributed by atoms with van der Waals surface area (Å²) in [4.78, 5) is 14.5. The summed E-state index contributed by atoms with van der Waals surface area (Å²) in [5.74, 6) is 0.726. The summed E-state index contributed by atoms with van der Waals surface area (Å²) in [5.41, 5.74) is 2.50. The van der Waals surface area contributed by atoms with E-state index in [0.717, 1.165) is 70.4 Å². The summed E-state index contributed by atoms with van der Waals surface area (Å²) in [7, 11) is 0. The molecule has 0 saturated carbocycles. The third-order valence-corrected chi connectivity index (χ3v) is 12.5. The Bertz CT molecular complexity index is 3680. The van der Waals surface area contributed by atoms with Crippen molar-refractivity contribution in [1.29, 1.82) is 0 Å². The van der Waals surface area contributed by atoms with Crippen LogP contribution in [0.5, 0.6) is 0 Å². The summed E-state index contributed by atoms with van der Waals surface area (Å²) in [6, 6.07) is 43.6. The molecule has 0 radical (unpaired) electrons. The lowest BCUT2D eigenvalue weighted by Gasteiger charge is -2.21. The zero-order valence-corrected chi connectivity index (χ0v) is 36.8. The van der Waals surface area contributed by atoms with E-state index < -0.39 is 35.2 Å². The predicted octanol–water partition coefficient (Wildman–Crippen LogP) is 16.4. The first-order valence-corrected chi connectivity index (χ1v) is 21.9. The SMILES string of the molecule is Cc1ccc2c(c1)c1cc(C)ccc1n2-c1ccc(C(F)(F)F)cc1-c1ccc(-c2nc(-c3ccccc3)nc(-c3ccccc3)n2)cc1-n1c2ccc(C(F)(F)F)cc2c2cc(C(F)(F)F)ccc21. The average Bonchev–Trinajstić information content (AvgIpc) is 3.84. The van der Waals surface area contributed by atoms with Crippen LogP contribution in [0.4, 0.5) is 39.5 Å². The van der Waals surface area contributed by atoms with E-state index in [-0.39, 0.29) is 44.4 Å². The van der Waals surface area contributed by atoms with Gasteiger partial charge in [0.1, 0.15) is 0 Å². The molecule has 70 heavy (non-hydrogen) atoms. The van der Waals surface area contributed by atoms with E-state index in [2.05, 4.69) is 0 Å². The first-order valence-electron chi connectivity index (χ1n) is 21.9. The molecule has 5 nitrogen and oxygen atoms in total. The van der Waals surface area contributed by atoms with Gasteiger partial charge in [-0.05, 0) is 98.8 Å². The minimum absolute atomic E-state index is 0.0580. The van der Waals surface area contributed by atoms with Crippen LogP contribution in [-0.4, -0.2) is 24.1 Å². The van der Waals surface area contributed by atoms with Gasteiger partial charge in [-0.1, -0.05) is 96.1 Å². The topological polar surface area (TPSA) is 48.5 Å². The van der Waals surface area contributed by atoms with Crippen molar-refractivity contribution in [1.82, 2.24) is 24.1 Å². The van der Waals surface area contributed by atoms with Crippen molar-refractivity contribution in [2.45, 2.75) is 32.4 Å². The van der Waals surface area contributed by atoms with Gasteiger partial charge in [-0.3, -0.25) is 0 Å². The Morgan fingerprint density at radius 2 is 0.714 bits per heavy atom. The van der Waals surface area contributed by atoms with Crippen molar-refractivity contribution < 1.29 is 39.5 Å². The van der Waals surface area contributed by atoms with Crippen LogP contribution in [0.15, 0.2) is 170 Å². The lowest BCUT2D eigenvalue weighted by Crippen LogP contribution is -2.08. The molecule has 8 aromatic carbocycles. The first kappa shape index (κ1) is 44.3. The number of halogens is 9. The zero-order valence-electron chi connectivity index (χ0n) is 36.8. The van der Waals surface area contributed by atoms with Gasteiger partial charge in [0.05, 0.1) is 50.1 Å². The zero-order chi connectivity index (χ0) is 48.9. The van der Waals surface area contributed by atoms with Crippen LogP contribution in [0, 0.1) is 13.8 Å². The highest BCUT2D eigenvalue weighted by molar-refractivity contribution is 6.12. The fourth-order valence-corrected chi connectivity index (χ4v) is 9.29. The monoisotopic (exact) mass is 947 g/mol. The van der Waals surface area contributed by atoms with Crippen molar-refractivity contribution in [3.05, 3.63) is 198 Å². The Kier molecular flexibility index (Phi) is 10.2. The minimum Gasteiger partial charge on any atom is -0.309 e. The van der Waals surface area contributed by atoms with Gasteiger partial charge in [0, 0.05) is 49.4 Å². The smallest absolute Gasteiger partial charge is 0.309 e. The number of hydrogen-bond donors (Lipinski definition) is 0. The van der Waals surface area contributed by atoms with Crippen LogP contribution in [0.2, 0.25) is 0 Å². The second kappa shape index (κ2) is 16.2. The molecule has 0 spiro atoms. The molecule has 0 aliphatic heterocycles. The summed E-state index contributed by atoms with van der Waals surface area (Å²) in [6.45, 7) is 3.88. The second-order valence-corrected chi connectivity index (χ2v) is 17.2. The molecule has 0 atom stereocenters. The van der Waals surface area contributed by atoms with Gasteiger partial charge in [-0.2, -0.15) is 39.5 Å². The minimum atomic E-state index is -4.87. The van der Waals surface area contributed by atoms with Crippen molar-refractivity contribution >= 4 is 43.6 Å². The Labute approximate surface area is 392 Å². The Morgan fingerprint density at radius 3 is 1.17 bits per heavy atom.